The molecule has 3 aromatic carbocycles. The molecule has 0 fully saturated rings. The first-order valence-electron chi connectivity index (χ1n) is 10.2. The van der Waals surface area contributed by atoms with Gasteiger partial charge in [-0.3, -0.25) is 9.59 Å². The van der Waals surface area contributed by atoms with Crippen LogP contribution in [0.4, 0.5) is 11.4 Å². The number of carbonyl (C=O) groups excluding carboxylic acids is 2. The number of ether oxygens (including phenoxy) is 1. The van der Waals surface area contributed by atoms with Gasteiger partial charge >= 0.3 is 0 Å². The molecule has 3 N–H and O–H groups in total. The Balaban J connectivity index is 1.68. The number of hydrogen-bond acceptors (Lipinski definition) is 4. The van der Waals surface area contributed by atoms with Crippen molar-refractivity contribution >= 4 is 34.8 Å². The molecule has 0 aromatic heterocycles. The number of amides is 2. The standard InChI is InChI=1S/C25H26ClN3O3/c1-16-13-22(23(32-3)14-20(16)26)29-25(31)19-11-7-8-12-21(19)28-24(30)15-27-17(2)18-9-5-4-6-10-18/h4-14,17,27H,15H2,1-3H3,(H,28,30)(H,29,31). The molecule has 1 unspecified atom stereocenters. The number of para-hydroxylation sites is 1. The number of aryl methyl sites for hydroxylation is 1. The fraction of sp³-hybridized carbons (Fsp3) is 0.200. The molecule has 0 spiro atoms. The van der Waals surface area contributed by atoms with Gasteiger partial charge in [-0.25, -0.2) is 0 Å². The molecule has 0 saturated heterocycles. The Hall–Kier alpha value is -3.35. The van der Waals surface area contributed by atoms with Crippen molar-refractivity contribution in [1.82, 2.24) is 5.32 Å². The van der Waals surface area contributed by atoms with E-state index in [0.29, 0.717) is 27.7 Å². The number of anilines is 2. The van der Waals surface area contributed by atoms with E-state index in [9.17, 15) is 9.59 Å². The van der Waals surface area contributed by atoms with E-state index in [4.69, 9.17) is 16.3 Å². The summed E-state index contributed by atoms with van der Waals surface area (Å²) < 4.78 is 5.33. The van der Waals surface area contributed by atoms with Crippen LogP contribution in [0.25, 0.3) is 0 Å². The molecule has 0 saturated carbocycles. The zero-order chi connectivity index (χ0) is 23.1. The van der Waals surface area contributed by atoms with Gasteiger partial charge in [0, 0.05) is 17.1 Å². The lowest BCUT2D eigenvalue weighted by molar-refractivity contribution is -0.115. The zero-order valence-corrected chi connectivity index (χ0v) is 19.0. The third kappa shape index (κ3) is 5.87. The zero-order valence-electron chi connectivity index (χ0n) is 18.2. The number of halogens is 1. The average molecular weight is 452 g/mol. The van der Waals surface area contributed by atoms with Gasteiger partial charge in [0.25, 0.3) is 5.91 Å². The second-order valence-electron chi connectivity index (χ2n) is 7.36. The molecule has 2 amide bonds. The van der Waals surface area contributed by atoms with Crippen LogP contribution in [0.5, 0.6) is 5.75 Å². The van der Waals surface area contributed by atoms with E-state index in [1.54, 1.807) is 36.4 Å². The molecule has 1 atom stereocenters. The molecule has 0 aliphatic heterocycles. The van der Waals surface area contributed by atoms with Crippen molar-refractivity contribution < 1.29 is 14.3 Å². The minimum absolute atomic E-state index is 0.0149. The SMILES string of the molecule is COc1cc(Cl)c(C)cc1NC(=O)c1ccccc1NC(=O)CNC(C)c1ccccc1. The Morgan fingerprint density at radius 2 is 1.66 bits per heavy atom. The Morgan fingerprint density at radius 3 is 2.38 bits per heavy atom. The number of benzene rings is 3. The van der Waals surface area contributed by atoms with Crippen LogP contribution in [0.3, 0.4) is 0 Å². The topological polar surface area (TPSA) is 79.5 Å². The van der Waals surface area contributed by atoms with Crippen LogP contribution in [-0.2, 0) is 4.79 Å². The van der Waals surface area contributed by atoms with E-state index in [1.165, 1.54) is 7.11 Å². The van der Waals surface area contributed by atoms with Crippen molar-refractivity contribution in [2.75, 3.05) is 24.3 Å². The number of hydrogen-bond donors (Lipinski definition) is 3. The predicted octanol–water partition coefficient (Wildman–Crippen LogP) is 5.20. The van der Waals surface area contributed by atoms with Gasteiger partial charge in [0.2, 0.25) is 5.91 Å². The van der Waals surface area contributed by atoms with E-state index >= 15 is 0 Å². The van der Waals surface area contributed by atoms with Gasteiger partial charge in [-0.1, -0.05) is 54.1 Å². The first-order valence-corrected chi connectivity index (χ1v) is 10.6. The summed E-state index contributed by atoms with van der Waals surface area (Å²) in [6, 6.07) is 20.1. The van der Waals surface area contributed by atoms with Crippen LogP contribution >= 0.6 is 11.6 Å². The second-order valence-corrected chi connectivity index (χ2v) is 7.77. The smallest absolute Gasteiger partial charge is 0.257 e. The van der Waals surface area contributed by atoms with Crippen molar-refractivity contribution in [1.29, 1.82) is 0 Å². The molecule has 0 aliphatic rings. The van der Waals surface area contributed by atoms with E-state index in [1.807, 2.05) is 44.2 Å². The number of rotatable bonds is 8. The normalized spacial score (nSPS) is 11.5. The third-order valence-electron chi connectivity index (χ3n) is 5.04. The van der Waals surface area contributed by atoms with Gasteiger partial charge in [0.05, 0.1) is 30.6 Å². The first kappa shape index (κ1) is 23.3. The van der Waals surface area contributed by atoms with E-state index < -0.39 is 0 Å². The summed E-state index contributed by atoms with van der Waals surface area (Å²) in [6.07, 6.45) is 0. The van der Waals surface area contributed by atoms with Gasteiger partial charge in [0.15, 0.2) is 0 Å². The maximum atomic E-state index is 13.0. The number of carbonyl (C=O) groups is 2. The summed E-state index contributed by atoms with van der Waals surface area (Å²) in [5.74, 6) is -0.158. The van der Waals surface area contributed by atoms with Gasteiger partial charge in [-0.2, -0.15) is 0 Å². The lowest BCUT2D eigenvalue weighted by atomic mass is 10.1. The maximum Gasteiger partial charge on any atom is 0.257 e. The lowest BCUT2D eigenvalue weighted by Gasteiger charge is -2.16. The van der Waals surface area contributed by atoms with E-state index in [-0.39, 0.29) is 24.4 Å². The minimum Gasteiger partial charge on any atom is -0.495 e. The van der Waals surface area contributed by atoms with Crippen LogP contribution in [0, 0.1) is 6.92 Å². The maximum absolute atomic E-state index is 13.0. The van der Waals surface area contributed by atoms with Crippen LogP contribution in [0.1, 0.15) is 34.5 Å². The van der Waals surface area contributed by atoms with Gasteiger partial charge in [0.1, 0.15) is 5.75 Å². The molecule has 32 heavy (non-hydrogen) atoms. The number of methoxy groups -OCH3 is 1. The highest BCUT2D eigenvalue weighted by atomic mass is 35.5. The average Bonchev–Trinajstić information content (AvgIpc) is 2.80. The van der Waals surface area contributed by atoms with Crippen LogP contribution < -0.4 is 20.7 Å². The Morgan fingerprint density at radius 1 is 0.969 bits per heavy atom. The highest BCUT2D eigenvalue weighted by Crippen LogP contribution is 2.31. The van der Waals surface area contributed by atoms with Gasteiger partial charge in [-0.05, 0) is 43.2 Å². The quantitative estimate of drug-likeness (QED) is 0.440. The van der Waals surface area contributed by atoms with Crippen molar-refractivity contribution in [2.45, 2.75) is 19.9 Å². The summed E-state index contributed by atoms with van der Waals surface area (Å²) in [5, 5.41) is 9.40. The highest BCUT2D eigenvalue weighted by Gasteiger charge is 2.16. The fourth-order valence-electron chi connectivity index (χ4n) is 3.21. The van der Waals surface area contributed by atoms with Crippen molar-refractivity contribution in [3.8, 4) is 5.75 Å². The summed E-state index contributed by atoms with van der Waals surface area (Å²) in [7, 11) is 1.51. The van der Waals surface area contributed by atoms with Crippen molar-refractivity contribution in [2.24, 2.45) is 0 Å². The Kier molecular flexibility index (Phi) is 7.87. The fourth-order valence-corrected chi connectivity index (χ4v) is 3.36. The monoisotopic (exact) mass is 451 g/mol. The largest absolute Gasteiger partial charge is 0.495 e. The Bertz CT molecular complexity index is 1100. The molecule has 0 bridgehead atoms. The molecule has 3 rings (SSSR count). The molecule has 6 nitrogen and oxygen atoms in total. The molecule has 3 aromatic rings. The molecular weight excluding hydrogens is 426 g/mol. The number of nitrogens with one attached hydrogen (secondary N) is 3. The third-order valence-corrected chi connectivity index (χ3v) is 5.45. The summed E-state index contributed by atoms with van der Waals surface area (Å²) >= 11 is 6.15. The van der Waals surface area contributed by atoms with Gasteiger partial charge < -0.3 is 20.7 Å². The lowest BCUT2D eigenvalue weighted by Crippen LogP contribution is -2.30. The summed E-state index contributed by atoms with van der Waals surface area (Å²) in [5.41, 5.74) is 3.16. The minimum atomic E-state index is -0.369. The molecular formula is C25H26ClN3O3. The van der Waals surface area contributed by atoms with E-state index in [0.717, 1.165) is 11.1 Å². The summed E-state index contributed by atoms with van der Waals surface area (Å²) in [4.78, 5) is 25.5. The molecule has 0 radical (unpaired) electrons. The van der Waals surface area contributed by atoms with Crippen LogP contribution in [0.15, 0.2) is 66.7 Å². The molecule has 0 aliphatic carbocycles. The predicted molar refractivity (Wildman–Crippen MR) is 129 cm³/mol. The van der Waals surface area contributed by atoms with Crippen LogP contribution in [0.2, 0.25) is 5.02 Å². The van der Waals surface area contributed by atoms with Crippen molar-refractivity contribution in [3.05, 3.63) is 88.4 Å². The second kappa shape index (κ2) is 10.8. The van der Waals surface area contributed by atoms with E-state index in [2.05, 4.69) is 16.0 Å². The molecule has 7 heteroatoms. The van der Waals surface area contributed by atoms with Crippen molar-refractivity contribution in [3.63, 3.8) is 0 Å². The molecule has 166 valence electrons. The van der Waals surface area contributed by atoms with Gasteiger partial charge in [-0.15, -0.1) is 0 Å². The first-order chi connectivity index (χ1) is 15.4. The summed E-state index contributed by atoms with van der Waals surface area (Å²) in [6.45, 7) is 3.94. The Labute approximate surface area is 192 Å². The molecule has 0 heterocycles. The van der Waals surface area contributed by atoms with Crippen LogP contribution in [-0.4, -0.2) is 25.5 Å². The highest BCUT2D eigenvalue weighted by molar-refractivity contribution is 6.31.